The minimum Gasteiger partial charge on any atom is -0.496 e. The molecule has 0 spiro atoms. The van der Waals surface area contributed by atoms with Crippen molar-refractivity contribution < 1.29 is 9.53 Å². The van der Waals surface area contributed by atoms with Crippen LogP contribution in [0.1, 0.15) is 22.3 Å². The maximum atomic E-state index is 11.2. The maximum Gasteiger partial charge on any atom is 0.238 e. The molecule has 0 saturated heterocycles. The number of nitrogens with two attached hydrogens (primary N) is 1. The lowest BCUT2D eigenvalue weighted by molar-refractivity contribution is -0.120. The average molecular weight is 222 g/mol. The SMILES string of the molecule is COc1c(C)cc(CC(=O)NN)c(C)c1C. The van der Waals surface area contributed by atoms with Gasteiger partial charge in [0.25, 0.3) is 0 Å². The summed E-state index contributed by atoms with van der Waals surface area (Å²) >= 11 is 0. The summed E-state index contributed by atoms with van der Waals surface area (Å²) < 4.78 is 5.32. The number of methoxy groups -OCH3 is 1. The molecule has 0 aliphatic heterocycles. The Morgan fingerprint density at radius 1 is 1.38 bits per heavy atom. The topological polar surface area (TPSA) is 64.3 Å². The first-order valence-corrected chi connectivity index (χ1v) is 5.14. The van der Waals surface area contributed by atoms with Crippen molar-refractivity contribution in [2.45, 2.75) is 27.2 Å². The molecular formula is C12H18N2O2. The normalized spacial score (nSPS) is 10.1. The smallest absolute Gasteiger partial charge is 0.238 e. The fourth-order valence-corrected chi connectivity index (χ4v) is 1.86. The predicted molar refractivity (Wildman–Crippen MR) is 63.2 cm³/mol. The molecule has 0 aliphatic rings. The zero-order valence-electron chi connectivity index (χ0n) is 10.2. The van der Waals surface area contributed by atoms with Crippen LogP contribution in [0.4, 0.5) is 0 Å². The predicted octanol–water partition coefficient (Wildman–Crippen LogP) is 1.15. The van der Waals surface area contributed by atoms with Crippen LogP contribution in [0.2, 0.25) is 0 Å². The molecule has 0 fully saturated rings. The van der Waals surface area contributed by atoms with E-state index in [9.17, 15) is 4.79 Å². The molecule has 0 unspecified atom stereocenters. The summed E-state index contributed by atoms with van der Waals surface area (Å²) in [6, 6.07) is 1.97. The Morgan fingerprint density at radius 2 is 2.00 bits per heavy atom. The molecule has 0 aliphatic carbocycles. The van der Waals surface area contributed by atoms with Crippen molar-refractivity contribution in [2.24, 2.45) is 5.84 Å². The molecule has 1 amide bonds. The van der Waals surface area contributed by atoms with Gasteiger partial charge < -0.3 is 4.74 Å². The Bertz CT molecular complexity index is 414. The summed E-state index contributed by atoms with van der Waals surface area (Å²) in [6.45, 7) is 5.94. The molecule has 1 rings (SSSR count). The van der Waals surface area contributed by atoms with E-state index in [2.05, 4.69) is 5.43 Å². The average Bonchev–Trinajstić information content (AvgIpc) is 2.26. The number of aryl methyl sites for hydroxylation is 1. The van der Waals surface area contributed by atoms with Gasteiger partial charge in [-0.25, -0.2) is 5.84 Å². The summed E-state index contributed by atoms with van der Waals surface area (Å²) in [6.07, 6.45) is 0.300. The minimum absolute atomic E-state index is 0.188. The van der Waals surface area contributed by atoms with Gasteiger partial charge in [-0.05, 0) is 43.0 Å². The van der Waals surface area contributed by atoms with Gasteiger partial charge in [-0.2, -0.15) is 0 Å². The van der Waals surface area contributed by atoms with Gasteiger partial charge in [-0.1, -0.05) is 6.07 Å². The molecule has 88 valence electrons. The third-order valence-corrected chi connectivity index (χ3v) is 2.85. The van der Waals surface area contributed by atoms with Crippen LogP contribution in [0.5, 0.6) is 5.75 Å². The van der Waals surface area contributed by atoms with E-state index < -0.39 is 0 Å². The van der Waals surface area contributed by atoms with Crippen molar-refractivity contribution in [3.63, 3.8) is 0 Å². The van der Waals surface area contributed by atoms with Crippen LogP contribution in [0.3, 0.4) is 0 Å². The van der Waals surface area contributed by atoms with E-state index in [4.69, 9.17) is 10.6 Å². The second-order valence-corrected chi connectivity index (χ2v) is 3.88. The lowest BCUT2D eigenvalue weighted by Crippen LogP contribution is -2.31. The highest BCUT2D eigenvalue weighted by atomic mass is 16.5. The van der Waals surface area contributed by atoms with Gasteiger partial charge in [-0.3, -0.25) is 10.2 Å². The van der Waals surface area contributed by atoms with E-state index in [-0.39, 0.29) is 5.91 Å². The summed E-state index contributed by atoms with van der Waals surface area (Å²) in [4.78, 5) is 11.2. The van der Waals surface area contributed by atoms with E-state index in [1.54, 1.807) is 7.11 Å². The quantitative estimate of drug-likeness (QED) is 0.458. The number of amides is 1. The van der Waals surface area contributed by atoms with Crippen molar-refractivity contribution in [1.29, 1.82) is 0 Å². The lowest BCUT2D eigenvalue weighted by Gasteiger charge is -2.15. The summed E-state index contributed by atoms with van der Waals surface area (Å²) in [5, 5.41) is 0. The minimum atomic E-state index is -0.188. The van der Waals surface area contributed by atoms with E-state index in [0.717, 1.165) is 28.0 Å². The molecule has 0 aromatic heterocycles. The molecule has 16 heavy (non-hydrogen) atoms. The monoisotopic (exact) mass is 222 g/mol. The molecular weight excluding hydrogens is 204 g/mol. The van der Waals surface area contributed by atoms with Crippen LogP contribution >= 0.6 is 0 Å². The van der Waals surface area contributed by atoms with Crippen LogP contribution in [0.25, 0.3) is 0 Å². The molecule has 1 aromatic carbocycles. The van der Waals surface area contributed by atoms with Gasteiger partial charge in [0.15, 0.2) is 0 Å². The van der Waals surface area contributed by atoms with Gasteiger partial charge in [0.2, 0.25) is 5.91 Å². The third kappa shape index (κ3) is 2.33. The van der Waals surface area contributed by atoms with Crippen LogP contribution < -0.4 is 16.0 Å². The number of ether oxygens (including phenoxy) is 1. The molecule has 0 radical (unpaired) electrons. The molecule has 0 atom stereocenters. The Morgan fingerprint density at radius 3 is 2.50 bits per heavy atom. The second kappa shape index (κ2) is 4.99. The molecule has 4 heteroatoms. The maximum absolute atomic E-state index is 11.2. The zero-order chi connectivity index (χ0) is 12.3. The van der Waals surface area contributed by atoms with Crippen LogP contribution in [0, 0.1) is 20.8 Å². The van der Waals surface area contributed by atoms with Crippen LogP contribution in [0.15, 0.2) is 6.07 Å². The number of hydrazine groups is 1. The number of carbonyl (C=O) groups is 1. The van der Waals surface area contributed by atoms with Crippen molar-refractivity contribution in [2.75, 3.05) is 7.11 Å². The number of nitrogens with one attached hydrogen (secondary N) is 1. The second-order valence-electron chi connectivity index (χ2n) is 3.88. The first kappa shape index (κ1) is 12.5. The van der Waals surface area contributed by atoms with Crippen molar-refractivity contribution >= 4 is 5.91 Å². The van der Waals surface area contributed by atoms with Gasteiger partial charge >= 0.3 is 0 Å². The Labute approximate surface area is 95.8 Å². The van der Waals surface area contributed by atoms with Gasteiger partial charge in [0.05, 0.1) is 13.5 Å². The number of rotatable bonds is 3. The summed E-state index contributed by atoms with van der Waals surface area (Å²) in [5.74, 6) is 5.77. The first-order chi connectivity index (χ1) is 7.51. The molecule has 4 nitrogen and oxygen atoms in total. The number of hydrogen-bond acceptors (Lipinski definition) is 3. The lowest BCUT2D eigenvalue weighted by atomic mass is 9.96. The number of benzene rings is 1. The largest absolute Gasteiger partial charge is 0.496 e. The number of hydrogen-bond donors (Lipinski definition) is 2. The van der Waals surface area contributed by atoms with Crippen molar-refractivity contribution in [3.8, 4) is 5.75 Å². The Kier molecular flexibility index (Phi) is 3.90. The van der Waals surface area contributed by atoms with Crippen molar-refractivity contribution in [3.05, 3.63) is 28.3 Å². The fraction of sp³-hybridized carbons (Fsp3) is 0.417. The molecule has 0 saturated carbocycles. The zero-order valence-corrected chi connectivity index (χ0v) is 10.2. The van der Waals surface area contributed by atoms with E-state index in [1.807, 2.05) is 26.8 Å². The standard InChI is InChI=1S/C12H18N2O2/c1-7-5-10(6-11(15)14-13)8(2)9(3)12(7)16-4/h5H,6,13H2,1-4H3,(H,14,15). The molecule has 1 aromatic rings. The van der Waals surface area contributed by atoms with E-state index in [0.29, 0.717) is 6.42 Å². The van der Waals surface area contributed by atoms with Gasteiger partial charge in [0, 0.05) is 0 Å². The fourth-order valence-electron chi connectivity index (χ4n) is 1.86. The molecule has 0 bridgehead atoms. The highest BCUT2D eigenvalue weighted by Gasteiger charge is 2.12. The van der Waals surface area contributed by atoms with Crippen LogP contribution in [-0.2, 0) is 11.2 Å². The highest BCUT2D eigenvalue weighted by Crippen LogP contribution is 2.28. The third-order valence-electron chi connectivity index (χ3n) is 2.85. The van der Waals surface area contributed by atoms with Crippen LogP contribution in [-0.4, -0.2) is 13.0 Å². The van der Waals surface area contributed by atoms with E-state index >= 15 is 0 Å². The number of carbonyl (C=O) groups excluding carboxylic acids is 1. The Hall–Kier alpha value is -1.55. The summed E-state index contributed by atoms with van der Waals surface area (Å²) in [7, 11) is 1.65. The summed E-state index contributed by atoms with van der Waals surface area (Å²) in [5.41, 5.74) is 6.30. The van der Waals surface area contributed by atoms with E-state index in [1.165, 1.54) is 0 Å². The molecule has 3 N–H and O–H groups in total. The molecule has 0 heterocycles. The van der Waals surface area contributed by atoms with Gasteiger partial charge in [-0.15, -0.1) is 0 Å². The first-order valence-electron chi connectivity index (χ1n) is 5.14. The Balaban J connectivity index is 3.18. The van der Waals surface area contributed by atoms with Gasteiger partial charge in [0.1, 0.15) is 5.75 Å². The highest BCUT2D eigenvalue weighted by molar-refractivity contribution is 5.78. The van der Waals surface area contributed by atoms with Crippen molar-refractivity contribution in [1.82, 2.24) is 5.43 Å².